The van der Waals surface area contributed by atoms with Crippen molar-refractivity contribution in [3.05, 3.63) is 47.5 Å². The topological polar surface area (TPSA) is 92.8 Å². The van der Waals surface area contributed by atoms with Crippen LogP contribution in [-0.2, 0) is 20.0 Å². The number of anilines is 2. The van der Waals surface area contributed by atoms with Crippen molar-refractivity contribution in [1.82, 2.24) is 0 Å². The summed E-state index contributed by atoms with van der Waals surface area (Å²) in [6, 6.07) is 9.90. The molecule has 9 heteroatoms. The van der Waals surface area contributed by atoms with Gasteiger partial charge < -0.3 is 4.74 Å². The first-order valence-electron chi connectivity index (χ1n) is 8.93. The van der Waals surface area contributed by atoms with Crippen molar-refractivity contribution in [3.63, 3.8) is 0 Å². The average molecular weight is 425 g/mol. The highest BCUT2D eigenvalue weighted by Crippen LogP contribution is 2.33. The standard InChI is InChI=1S/C19H24N2O5S2/c1-14-13-19(28(24,25)20-16-8-4-5-9-18(16)26-3)15(2)12-17(14)21-10-6-7-11-27(21,22)23/h4-5,8-9,12-13,20H,6-7,10-11H2,1-3H3. The van der Waals surface area contributed by atoms with Crippen molar-refractivity contribution in [1.29, 1.82) is 0 Å². The van der Waals surface area contributed by atoms with E-state index in [-0.39, 0.29) is 10.6 Å². The summed E-state index contributed by atoms with van der Waals surface area (Å²) in [7, 11) is -5.77. The van der Waals surface area contributed by atoms with Gasteiger partial charge in [-0.3, -0.25) is 9.03 Å². The zero-order valence-corrected chi connectivity index (χ0v) is 17.7. The largest absolute Gasteiger partial charge is 0.495 e. The van der Waals surface area contributed by atoms with Gasteiger partial charge in [-0.2, -0.15) is 0 Å². The van der Waals surface area contributed by atoms with Crippen LogP contribution in [0.4, 0.5) is 11.4 Å². The van der Waals surface area contributed by atoms with Gasteiger partial charge >= 0.3 is 0 Å². The van der Waals surface area contributed by atoms with Crippen LogP contribution >= 0.6 is 0 Å². The molecule has 0 aliphatic carbocycles. The fourth-order valence-electron chi connectivity index (χ4n) is 3.32. The second kappa shape index (κ2) is 7.63. The van der Waals surface area contributed by atoms with Gasteiger partial charge in [-0.05, 0) is 62.1 Å². The van der Waals surface area contributed by atoms with Gasteiger partial charge in [-0.25, -0.2) is 16.8 Å². The van der Waals surface area contributed by atoms with E-state index in [1.807, 2.05) is 0 Å². The Morgan fingerprint density at radius 2 is 1.79 bits per heavy atom. The summed E-state index contributed by atoms with van der Waals surface area (Å²) < 4.78 is 59.9. The smallest absolute Gasteiger partial charge is 0.262 e. The number of ether oxygens (including phenoxy) is 1. The predicted molar refractivity (Wildman–Crippen MR) is 110 cm³/mol. The second-order valence-corrected chi connectivity index (χ2v) is 10.5. The number of nitrogens with zero attached hydrogens (tertiary/aromatic N) is 1. The van der Waals surface area contributed by atoms with Gasteiger partial charge in [-0.15, -0.1) is 0 Å². The number of methoxy groups -OCH3 is 1. The lowest BCUT2D eigenvalue weighted by Crippen LogP contribution is -2.38. The minimum absolute atomic E-state index is 0.106. The number of hydrogen-bond donors (Lipinski definition) is 1. The number of rotatable bonds is 5. The molecule has 0 spiro atoms. The van der Waals surface area contributed by atoms with Crippen molar-refractivity contribution in [3.8, 4) is 5.75 Å². The van der Waals surface area contributed by atoms with Crippen molar-refractivity contribution >= 4 is 31.4 Å². The summed E-state index contributed by atoms with van der Waals surface area (Å²) in [6.07, 6.45) is 1.43. The highest BCUT2D eigenvalue weighted by molar-refractivity contribution is 7.93. The average Bonchev–Trinajstić information content (AvgIpc) is 2.63. The van der Waals surface area contributed by atoms with Gasteiger partial charge in [0.2, 0.25) is 10.0 Å². The van der Waals surface area contributed by atoms with E-state index in [2.05, 4.69) is 4.72 Å². The van der Waals surface area contributed by atoms with E-state index in [9.17, 15) is 16.8 Å². The molecule has 0 radical (unpaired) electrons. The Morgan fingerprint density at radius 1 is 1.07 bits per heavy atom. The molecule has 0 saturated carbocycles. The molecule has 0 unspecified atom stereocenters. The summed E-state index contributed by atoms with van der Waals surface area (Å²) in [5, 5.41) is 0. The Morgan fingerprint density at radius 3 is 2.46 bits per heavy atom. The first-order chi connectivity index (χ1) is 13.2. The summed E-state index contributed by atoms with van der Waals surface area (Å²) in [6.45, 7) is 3.80. The number of hydrogen-bond acceptors (Lipinski definition) is 5. The van der Waals surface area contributed by atoms with Crippen LogP contribution in [-0.4, -0.2) is 36.2 Å². The maximum Gasteiger partial charge on any atom is 0.262 e. The molecule has 28 heavy (non-hydrogen) atoms. The maximum absolute atomic E-state index is 13.0. The molecule has 2 aromatic rings. The third-order valence-corrected chi connectivity index (χ3v) is 8.12. The number of sulfonamides is 2. The van der Waals surface area contributed by atoms with E-state index in [1.165, 1.54) is 17.5 Å². The highest BCUT2D eigenvalue weighted by atomic mass is 32.2. The fourth-order valence-corrected chi connectivity index (χ4v) is 6.40. The van der Waals surface area contributed by atoms with Crippen molar-refractivity contribution < 1.29 is 21.6 Å². The monoisotopic (exact) mass is 424 g/mol. The lowest BCUT2D eigenvalue weighted by molar-refractivity contribution is 0.417. The molecule has 3 rings (SSSR count). The third kappa shape index (κ3) is 3.95. The Balaban J connectivity index is 2.00. The summed E-state index contributed by atoms with van der Waals surface area (Å²) in [5.41, 5.74) is 1.94. The van der Waals surface area contributed by atoms with Crippen LogP contribution in [0.1, 0.15) is 24.0 Å². The van der Waals surface area contributed by atoms with E-state index in [1.54, 1.807) is 44.2 Å². The second-order valence-electron chi connectivity index (χ2n) is 6.81. The maximum atomic E-state index is 13.0. The van der Waals surface area contributed by atoms with E-state index in [0.29, 0.717) is 41.2 Å². The van der Waals surface area contributed by atoms with Crippen LogP contribution in [0.5, 0.6) is 5.75 Å². The minimum Gasteiger partial charge on any atom is -0.495 e. The quantitative estimate of drug-likeness (QED) is 0.796. The SMILES string of the molecule is COc1ccccc1NS(=O)(=O)c1cc(C)c(N2CCCCS2(=O)=O)cc1C. The number of benzene rings is 2. The van der Waals surface area contributed by atoms with E-state index in [4.69, 9.17) is 4.74 Å². The molecule has 1 heterocycles. The van der Waals surface area contributed by atoms with Crippen LogP contribution in [0.2, 0.25) is 0 Å². The molecule has 1 aliphatic heterocycles. The van der Waals surface area contributed by atoms with Crippen molar-refractivity contribution in [2.45, 2.75) is 31.6 Å². The molecular weight excluding hydrogens is 400 g/mol. The van der Waals surface area contributed by atoms with Crippen molar-refractivity contribution in [2.24, 2.45) is 0 Å². The highest BCUT2D eigenvalue weighted by Gasteiger charge is 2.29. The van der Waals surface area contributed by atoms with E-state index < -0.39 is 20.0 Å². The first kappa shape index (κ1) is 20.5. The molecule has 1 saturated heterocycles. The van der Waals surface area contributed by atoms with Crippen molar-refractivity contribution in [2.75, 3.05) is 28.4 Å². The molecule has 152 valence electrons. The summed E-state index contributed by atoms with van der Waals surface area (Å²) >= 11 is 0. The third-order valence-electron chi connectivity index (χ3n) is 4.75. The molecule has 1 fully saturated rings. The molecule has 0 atom stereocenters. The lowest BCUT2D eigenvalue weighted by atomic mass is 10.1. The molecule has 7 nitrogen and oxygen atoms in total. The number of aryl methyl sites for hydroxylation is 2. The Hall–Kier alpha value is -2.26. The zero-order chi connectivity index (χ0) is 20.5. The Bertz CT molecular complexity index is 1100. The lowest BCUT2D eigenvalue weighted by Gasteiger charge is -2.30. The number of para-hydroxylation sites is 2. The molecule has 0 bridgehead atoms. The molecular formula is C19H24N2O5S2. The molecule has 1 aliphatic rings. The fraction of sp³-hybridized carbons (Fsp3) is 0.368. The molecule has 1 N–H and O–H groups in total. The van der Waals surface area contributed by atoms with E-state index in [0.717, 1.165) is 6.42 Å². The van der Waals surface area contributed by atoms with Gasteiger partial charge in [0.05, 0.1) is 29.1 Å². The summed E-state index contributed by atoms with van der Waals surface area (Å²) in [5.74, 6) is 0.525. The summed E-state index contributed by atoms with van der Waals surface area (Å²) in [4.78, 5) is 0.106. The van der Waals surface area contributed by atoms with Crippen LogP contribution in [0.25, 0.3) is 0 Å². The first-order valence-corrected chi connectivity index (χ1v) is 12.0. The van der Waals surface area contributed by atoms with Crippen LogP contribution in [0.3, 0.4) is 0 Å². The van der Waals surface area contributed by atoms with E-state index >= 15 is 0 Å². The Labute approximate surface area is 166 Å². The van der Waals surface area contributed by atoms with Gasteiger partial charge in [0.25, 0.3) is 10.0 Å². The van der Waals surface area contributed by atoms with Gasteiger partial charge in [-0.1, -0.05) is 12.1 Å². The van der Waals surface area contributed by atoms with Crippen LogP contribution in [0, 0.1) is 13.8 Å². The number of nitrogens with one attached hydrogen (secondary N) is 1. The van der Waals surface area contributed by atoms with Gasteiger partial charge in [0.1, 0.15) is 5.75 Å². The molecule has 0 amide bonds. The Kier molecular flexibility index (Phi) is 5.58. The minimum atomic E-state index is -3.87. The molecule has 0 aromatic heterocycles. The van der Waals surface area contributed by atoms with Gasteiger partial charge in [0.15, 0.2) is 0 Å². The van der Waals surface area contributed by atoms with Crippen LogP contribution in [0.15, 0.2) is 41.3 Å². The van der Waals surface area contributed by atoms with Crippen LogP contribution < -0.4 is 13.8 Å². The zero-order valence-electron chi connectivity index (χ0n) is 16.1. The normalized spacial score (nSPS) is 16.6. The predicted octanol–water partition coefficient (Wildman–Crippen LogP) is 3.04. The molecule has 2 aromatic carbocycles. The van der Waals surface area contributed by atoms with Gasteiger partial charge in [0, 0.05) is 6.54 Å².